The molecular formula is C13H14ClN3OS. The average molecular weight is 296 g/mol. The van der Waals surface area contributed by atoms with Gasteiger partial charge in [-0.25, -0.2) is 4.98 Å². The Morgan fingerprint density at radius 3 is 3.21 bits per heavy atom. The van der Waals surface area contributed by atoms with Gasteiger partial charge in [-0.2, -0.15) is 4.37 Å². The Hall–Kier alpha value is -1.17. The molecule has 0 bridgehead atoms. The number of methoxy groups -OCH3 is 1. The number of halogens is 1. The van der Waals surface area contributed by atoms with E-state index in [0.29, 0.717) is 6.61 Å². The van der Waals surface area contributed by atoms with Gasteiger partial charge in [-0.3, -0.25) is 0 Å². The first kappa shape index (κ1) is 12.8. The summed E-state index contributed by atoms with van der Waals surface area (Å²) in [5, 5.41) is 1.70. The standard InChI is InChI=1S/C13H14ClN3OS/c1-18-7-5-12-15-13(19-16-12)17-6-4-9-2-3-10(14)8-11(9)17/h2-3,8H,4-7H2,1H3. The fraction of sp³-hybridized carbons (Fsp3) is 0.385. The monoisotopic (exact) mass is 295 g/mol. The molecule has 0 spiro atoms. The predicted octanol–water partition coefficient (Wildman–Crippen LogP) is 3.07. The van der Waals surface area contributed by atoms with Crippen molar-refractivity contribution >= 4 is 34.0 Å². The molecule has 1 aliphatic rings. The van der Waals surface area contributed by atoms with Crippen molar-refractivity contribution in [3.63, 3.8) is 0 Å². The lowest BCUT2D eigenvalue weighted by molar-refractivity contribution is 0.201. The smallest absolute Gasteiger partial charge is 0.209 e. The van der Waals surface area contributed by atoms with E-state index in [1.165, 1.54) is 17.1 Å². The highest BCUT2D eigenvalue weighted by Gasteiger charge is 2.23. The van der Waals surface area contributed by atoms with Crippen LogP contribution in [0.2, 0.25) is 5.02 Å². The zero-order valence-electron chi connectivity index (χ0n) is 10.6. The molecule has 4 nitrogen and oxygen atoms in total. The van der Waals surface area contributed by atoms with Crippen LogP contribution in [0.4, 0.5) is 10.8 Å². The van der Waals surface area contributed by atoms with Crippen molar-refractivity contribution in [2.75, 3.05) is 25.2 Å². The summed E-state index contributed by atoms with van der Waals surface area (Å²) in [5.41, 5.74) is 2.47. The highest BCUT2D eigenvalue weighted by molar-refractivity contribution is 7.09. The van der Waals surface area contributed by atoms with Gasteiger partial charge in [0.2, 0.25) is 5.13 Å². The van der Waals surface area contributed by atoms with E-state index in [0.717, 1.165) is 41.1 Å². The molecule has 0 saturated carbocycles. The van der Waals surface area contributed by atoms with E-state index in [1.807, 2.05) is 12.1 Å². The summed E-state index contributed by atoms with van der Waals surface area (Å²) in [4.78, 5) is 6.76. The first-order chi connectivity index (χ1) is 9.28. The highest BCUT2D eigenvalue weighted by Crippen LogP contribution is 2.36. The molecule has 3 rings (SSSR count). The SMILES string of the molecule is COCCc1nsc(N2CCc3ccc(Cl)cc32)n1. The van der Waals surface area contributed by atoms with Crippen LogP contribution in [0.15, 0.2) is 18.2 Å². The summed E-state index contributed by atoms with van der Waals surface area (Å²) in [6.07, 6.45) is 1.78. The van der Waals surface area contributed by atoms with Gasteiger partial charge in [-0.05, 0) is 24.1 Å². The molecule has 0 radical (unpaired) electrons. The molecule has 2 heterocycles. The number of ether oxygens (including phenoxy) is 1. The molecule has 0 amide bonds. The molecule has 0 unspecified atom stereocenters. The molecule has 1 aliphatic heterocycles. The van der Waals surface area contributed by atoms with Crippen molar-refractivity contribution in [3.8, 4) is 0 Å². The molecule has 0 atom stereocenters. The maximum absolute atomic E-state index is 6.07. The summed E-state index contributed by atoms with van der Waals surface area (Å²) in [6.45, 7) is 1.59. The van der Waals surface area contributed by atoms with Gasteiger partial charge >= 0.3 is 0 Å². The minimum Gasteiger partial charge on any atom is -0.384 e. The van der Waals surface area contributed by atoms with Crippen LogP contribution in [0.3, 0.4) is 0 Å². The molecule has 1 aromatic carbocycles. The quantitative estimate of drug-likeness (QED) is 0.869. The van der Waals surface area contributed by atoms with Crippen LogP contribution < -0.4 is 4.90 Å². The lowest BCUT2D eigenvalue weighted by Gasteiger charge is -2.15. The molecule has 0 N–H and O–H groups in total. The second kappa shape index (κ2) is 5.45. The van der Waals surface area contributed by atoms with Crippen LogP contribution in [0.1, 0.15) is 11.4 Å². The van der Waals surface area contributed by atoms with Crippen LogP contribution in [0.25, 0.3) is 0 Å². The van der Waals surface area contributed by atoms with Gasteiger partial charge in [-0.1, -0.05) is 17.7 Å². The van der Waals surface area contributed by atoms with Crippen LogP contribution in [0.5, 0.6) is 0 Å². The Balaban J connectivity index is 1.85. The van der Waals surface area contributed by atoms with Gasteiger partial charge in [0.25, 0.3) is 0 Å². The fourth-order valence-electron chi connectivity index (χ4n) is 2.20. The molecule has 2 aromatic rings. The maximum atomic E-state index is 6.07. The van der Waals surface area contributed by atoms with Gasteiger partial charge in [-0.15, -0.1) is 0 Å². The molecular weight excluding hydrogens is 282 g/mol. The van der Waals surface area contributed by atoms with Crippen LogP contribution in [-0.2, 0) is 17.6 Å². The first-order valence-corrected chi connectivity index (χ1v) is 7.30. The second-order valence-corrected chi connectivity index (χ2v) is 5.58. The van der Waals surface area contributed by atoms with Gasteiger partial charge in [0.05, 0.1) is 6.61 Å². The summed E-state index contributed by atoms with van der Waals surface area (Å²) >= 11 is 7.51. The van der Waals surface area contributed by atoms with E-state index in [1.54, 1.807) is 7.11 Å². The minimum atomic E-state index is 0.651. The van der Waals surface area contributed by atoms with Gasteiger partial charge in [0, 0.05) is 42.3 Å². The minimum absolute atomic E-state index is 0.651. The molecule has 0 aliphatic carbocycles. The Morgan fingerprint density at radius 2 is 2.37 bits per heavy atom. The van der Waals surface area contributed by atoms with Gasteiger partial charge in [0.1, 0.15) is 5.82 Å². The van der Waals surface area contributed by atoms with E-state index in [4.69, 9.17) is 16.3 Å². The Bertz CT molecular complexity index is 587. The van der Waals surface area contributed by atoms with Crippen LogP contribution in [-0.4, -0.2) is 29.6 Å². The number of rotatable bonds is 4. The predicted molar refractivity (Wildman–Crippen MR) is 77.7 cm³/mol. The number of benzene rings is 1. The first-order valence-electron chi connectivity index (χ1n) is 6.15. The number of anilines is 2. The molecule has 0 fully saturated rings. The lowest BCUT2D eigenvalue weighted by atomic mass is 10.2. The Morgan fingerprint density at radius 1 is 1.47 bits per heavy atom. The van der Waals surface area contributed by atoms with Crippen molar-refractivity contribution in [3.05, 3.63) is 34.6 Å². The van der Waals surface area contributed by atoms with Crippen molar-refractivity contribution in [2.24, 2.45) is 0 Å². The third-order valence-electron chi connectivity index (χ3n) is 3.16. The molecule has 100 valence electrons. The van der Waals surface area contributed by atoms with Crippen molar-refractivity contribution in [2.45, 2.75) is 12.8 Å². The summed E-state index contributed by atoms with van der Waals surface area (Å²) < 4.78 is 9.42. The molecule has 1 aromatic heterocycles. The average Bonchev–Trinajstić information content (AvgIpc) is 3.01. The summed E-state index contributed by atoms with van der Waals surface area (Å²) in [6, 6.07) is 6.03. The van der Waals surface area contributed by atoms with Gasteiger partial charge in [0.15, 0.2) is 0 Å². The molecule has 6 heteroatoms. The van der Waals surface area contributed by atoms with Crippen molar-refractivity contribution < 1.29 is 4.74 Å². The van der Waals surface area contributed by atoms with Crippen molar-refractivity contribution in [1.82, 2.24) is 9.36 Å². The van der Waals surface area contributed by atoms with E-state index in [2.05, 4.69) is 20.3 Å². The highest BCUT2D eigenvalue weighted by atomic mass is 35.5. The van der Waals surface area contributed by atoms with Crippen molar-refractivity contribution in [1.29, 1.82) is 0 Å². The fourth-order valence-corrected chi connectivity index (χ4v) is 3.12. The number of fused-ring (bicyclic) bond motifs is 1. The Kier molecular flexibility index (Phi) is 3.68. The number of hydrogen-bond acceptors (Lipinski definition) is 5. The van der Waals surface area contributed by atoms with E-state index in [-0.39, 0.29) is 0 Å². The number of aromatic nitrogens is 2. The topological polar surface area (TPSA) is 38.2 Å². The molecule has 0 saturated heterocycles. The summed E-state index contributed by atoms with van der Waals surface area (Å²) in [5.74, 6) is 0.845. The normalized spacial score (nSPS) is 13.9. The largest absolute Gasteiger partial charge is 0.384 e. The van der Waals surface area contributed by atoms with Crippen LogP contribution >= 0.6 is 23.1 Å². The van der Waals surface area contributed by atoms with E-state index in [9.17, 15) is 0 Å². The van der Waals surface area contributed by atoms with E-state index >= 15 is 0 Å². The third-order valence-corrected chi connectivity index (χ3v) is 4.17. The molecule has 19 heavy (non-hydrogen) atoms. The third kappa shape index (κ3) is 2.59. The van der Waals surface area contributed by atoms with Crippen LogP contribution in [0, 0.1) is 0 Å². The maximum Gasteiger partial charge on any atom is 0.209 e. The lowest BCUT2D eigenvalue weighted by Crippen LogP contribution is -2.13. The summed E-state index contributed by atoms with van der Waals surface area (Å²) in [7, 11) is 1.69. The van der Waals surface area contributed by atoms with E-state index < -0.39 is 0 Å². The number of nitrogens with zero attached hydrogens (tertiary/aromatic N) is 3. The zero-order valence-corrected chi connectivity index (χ0v) is 12.2. The number of hydrogen-bond donors (Lipinski definition) is 0. The van der Waals surface area contributed by atoms with Gasteiger partial charge < -0.3 is 9.64 Å². The second-order valence-electron chi connectivity index (χ2n) is 4.41. The zero-order chi connectivity index (χ0) is 13.2. The Labute approximate surface area is 121 Å².